The van der Waals surface area contributed by atoms with E-state index in [4.69, 9.17) is 20.8 Å². The summed E-state index contributed by atoms with van der Waals surface area (Å²) >= 11 is 6.40. The van der Waals surface area contributed by atoms with Crippen LogP contribution in [0.1, 0.15) is 38.9 Å². The molecule has 5 aromatic rings. The van der Waals surface area contributed by atoms with Gasteiger partial charge in [-0.05, 0) is 66.1 Å². The fourth-order valence-electron chi connectivity index (χ4n) is 4.75. The van der Waals surface area contributed by atoms with E-state index in [0.717, 1.165) is 17.2 Å². The van der Waals surface area contributed by atoms with Gasteiger partial charge in [0.05, 0.1) is 17.0 Å². The molecule has 0 saturated carbocycles. The Bertz CT molecular complexity index is 1750. The van der Waals surface area contributed by atoms with Crippen molar-refractivity contribution >= 4 is 34.2 Å². The molecule has 6 rings (SSSR count). The Hall–Kier alpha value is -4.42. The molecule has 1 unspecified atom stereocenters. The van der Waals surface area contributed by atoms with Gasteiger partial charge in [-0.1, -0.05) is 60.1 Å². The summed E-state index contributed by atoms with van der Waals surface area (Å²) in [6, 6.07) is 25.2. The first-order valence-electron chi connectivity index (χ1n) is 12.0. The molecule has 0 aliphatic carbocycles. The summed E-state index contributed by atoms with van der Waals surface area (Å²) < 4.78 is 25.9. The number of fused-ring (bicyclic) bond motifs is 2. The van der Waals surface area contributed by atoms with Crippen LogP contribution in [0, 0.1) is 12.7 Å². The van der Waals surface area contributed by atoms with Crippen molar-refractivity contribution in [3.63, 3.8) is 0 Å². The lowest BCUT2D eigenvalue weighted by Gasteiger charge is -2.26. The van der Waals surface area contributed by atoms with Gasteiger partial charge in [0.25, 0.3) is 5.91 Å². The SMILES string of the molecule is Cc1ccc(N2C(=O)c3oc4ccc(F)cc4c(=O)c3C2c2ccc(OCc3ccccc3)cc2)cc1Cl. The van der Waals surface area contributed by atoms with E-state index in [1.807, 2.05) is 55.5 Å². The van der Waals surface area contributed by atoms with Crippen LogP contribution in [-0.2, 0) is 6.61 Å². The highest BCUT2D eigenvalue weighted by Crippen LogP contribution is 2.42. The molecule has 1 aliphatic heterocycles. The summed E-state index contributed by atoms with van der Waals surface area (Å²) in [5.74, 6) is -0.467. The zero-order valence-electron chi connectivity index (χ0n) is 20.3. The maximum atomic E-state index is 14.0. The fourth-order valence-corrected chi connectivity index (χ4v) is 4.92. The van der Waals surface area contributed by atoms with Gasteiger partial charge in [-0.15, -0.1) is 0 Å². The van der Waals surface area contributed by atoms with Crippen LogP contribution in [0.4, 0.5) is 10.1 Å². The Morgan fingerprint density at radius 3 is 2.45 bits per heavy atom. The number of rotatable bonds is 5. The number of amides is 1. The van der Waals surface area contributed by atoms with Crippen molar-refractivity contribution in [2.24, 2.45) is 0 Å². The van der Waals surface area contributed by atoms with Crippen LogP contribution in [0.25, 0.3) is 11.0 Å². The minimum Gasteiger partial charge on any atom is -0.489 e. The first-order valence-corrected chi connectivity index (χ1v) is 12.4. The van der Waals surface area contributed by atoms with Gasteiger partial charge in [0, 0.05) is 10.7 Å². The average molecular weight is 526 g/mol. The maximum Gasteiger partial charge on any atom is 0.295 e. The molecule has 1 atom stereocenters. The van der Waals surface area contributed by atoms with Gasteiger partial charge in [0.1, 0.15) is 23.8 Å². The van der Waals surface area contributed by atoms with E-state index >= 15 is 0 Å². The zero-order chi connectivity index (χ0) is 26.4. The molecule has 0 fully saturated rings. The van der Waals surface area contributed by atoms with Crippen molar-refractivity contribution in [2.75, 3.05) is 4.90 Å². The molecule has 38 heavy (non-hydrogen) atoms. The first kappa shape index (κ1) is 23.9. The standard InChI is InChI=1S/C31H21ClFNO4/c1-18-7-11-22(16-25(18)32)34-28(20-8-12-23(13-9-20)37-17-19-5-3-2-4-6-19)27-29(35)24-15-21(33)10-14-26(24)38-30(27)31(34)36/h2-16,28H,17H2,1H3. The zero-order valence-corrected chi connectivity index (χ0v) is 21.0. The van der Waals surface area contributed by atoms with Gasteiger partial charge in [-0.3, -0.25) is 14.5 Å². The average Bonchev–Trinajstić information content (AvgIpc) is 3.22. The predicted octanol–water partition coefficient (Wildman–Crippen LogP) is 7.22. The fraction of sp³-hybridized carbons (Fsp3) is 0.0968. The number of halogens is 2. The molecular weight excluding hydrogens is 505 g/mol. The van der Waals surface area contributed by atoms with Crippen LogP contribution in [0.15, 0.2) is 100 Å². The summed E-state index contributed by atoms with van der Waals surface area (Å²) in [6.07, 6.45) is 0. The molecule has 0 radical (unpaired) electrons. The lowest BCUT2D eigenvalue weighted by Crippen LogP contribution is -2.29. The second kappa shape index (κ2) is 9.47. The number of anilines is 1. The van der Waals surface area contributed by atoms with Crippen molar-refractivity contribution < 1.29 is 18.3 Å². The van der Waals surface area contributed by atoms with E-state index in [-0.39, 0.29) is 22.3 Å². The number of benzene rings is 4. The number of nitrogens with zero attached hydrogens (tertiary/aromatic N) is 1. The van der Waals surface area contributed by atoms with Gasteiger partial charge in [-0.2, -0.15) is 0 Å². The number of carbonyl (C=O) groups is 1. The second-order valence-corrected chi connectivity index (χ2v) is 9.58. The predicted molar refractivity (Wildman–Crippen MR) is 144 cm³/mol. The van der Waals surface area contributed by atoms with Crippen LogP contribution in [0.2, 0.25) is 5.02 Å². The molecule has 0 bridgehead atoms. The third-order valence-electron chi connectivity index (χ3n) is 6.71. The molecule has 0 N–H and O–H groups in total. The van der Waals surface area contributed by atoms with Gasteiger partial charge in [0.2, 0.25) is 5.76 Å². The number of hydrogen-bond donors (Lipinski definition) is 0. The monoisotopic (exact) mass is 525 g/mol. The van der Waals surface area contributed by atoms with Crippen molar-refractivity contribution in [3.05, 3.63) is 140 Å². The molecule has 0 saturated heterocycles. The Labute approximate surface area is 222 Å². The lowest BCUT2D eigenvalue weighted by atomic mass is 9.98. The molecule has 2 heterocycles. The van der Waals surface area contributed by atoms with Gasteiger partial charge < -0.3 is 9.15 Å². The highest BCUT2D eigenvalue weighted by molar-refractivity contribution is 6.31. The van der Waals surface area contributed by atoms with E-state index in [1.54, 1.807) is 24.3 Å². The van der Waals surface area contributed by atoms with Gasteiger partial charge >= 0.3 is 0 Å². The number of hydrogen-bond acceptors (Lipinski definition) is 4. The number of carbonyl (C=O) groups excluding carboxylic acids is 1. The Morgan fingerprint density at radius 1 is 0.947 bits per heavy atom. The Kier molecular flexibility index (Phi) is 5.97. The lowest BCUT2D eigenvalue weighted by molar-refractivity contribution is 0.0971. The quantitative estimate of drug-likeness (QED) is 0.243. The first-order chi connectivity index (χ1) is 18.4. The summed E-state index contributed by atoms with van der Waals surface area (Å²) in [6.45, 7) is 2.27. The topological polar surface area (TPSA) is 59.8 Å². The largest absolute Gasteiger partial charge is 0.489 e. The van der Waals surface area contributed by atoms with Crippen LogP contribution < -0.4 is 15.1 Å². The molecule has 1 amide bonds. The molecular formula is C31H21ClFNO4. The maximum absolute atomic E-state index is 14.0. The summed E-state index contributed by atoms with van der Waals surface area (Å²) in [7, 11) is 0. The van der Waals surface area contributed by atoms with Gasteiger partial charge in [0.15, 0.2) is 5.43 Å². The van der Waals surface area contributed by atoms with Crippen LogP contribution in [-0.4, -0.2) is 5.91 Å². The highest BCUT2D eigenvalue weighted by Gasteiger charge is 2.43. The molecule has 0 spiro atoms. The van der Waals surface area contributed by atoms with E-state index < -0.39 is 23.2 Å². The van der Waals surface area contributed by atoms with Gasteiger partial charge in [-0.25, -0.2) is 4.39 Å². The summed E-state index contributed by atoms with van der Waals surface area (Å²) in [5.41, 5.74) is 2.92. The number of ether oxygens (including phenoxy) is 1. The van der Waals surface area contributed by atoms with Crippen molar-refractivity contribution in [3.8, 4) is 5.75 Å². The Morgan fingerprint density at radius 2 is 1.71 bits per heavy atom. The summed E-state index contributed by atoms with van der Waals surface area (Å²) in [4.78, 5) is 28.9. The van der Waals surface area contributed by atoms with E-state index in [9.17, 15) is 14.0 Å². The molecule has 7 heteroatoms. The van der Waals surface area contributed by atoms with Crippen LogP contribution in [0.3, 0.4) is 0 Å². The minimum absolute atomic E-state index is 0.0693. The normalized spacial score (nSPS) is 14.7. The van der Waals surface area contributed by atoms with Crippen LogP contribution >= 0.6 is 11.6 Å². The minimum atomic E-state index is -0.802. The van der Waals surface area contributed by atoms with E-state index in [0.29, 0.717) is 28.6 Å². The molecule has 1 aliphatic rings. The van der Waals surface area contributed by atoms with Crippen molar-refractivity contribution in [1.82, 2.24) is 0 Å². The smallest absolute Gasteiger partial charge is 0.295 e. The van der Waals surface area contributed by atoms with Crippen molar-refractivity contribution in [1.29, 1.82) is 0 Å². The van der Waals surface area contributed by atoms with Crippen LogP contribution in [0.5, 0.6) is 5.75 Å². The molecule has 188 valence electrons. The molecule has 1 aromatic heterocycles. The molecule has 4 aromatic carbocycles. The third kappa shape index (κ3) is 4.13. The molecule has 5 nitrogen and oxygen atoms in total. The summed E-state index contributed by atoms with van der Waals surface area (Å²) in [5, 5.41) is 0.564. The van der Waals surface area contributed by atoms with E-state index in [2.05, 4.69) is 0 Å². The number of aryl methyl sites for hydroxylation is 1. The van der Waals surface area contributed by atoms with E-state index in [1.165, 1.54) is 17.0 Å². The van der Waals surface area contributed by atoms with Crippen molar-refractivity contribution in [2.45, 2.75) is 19.6 Å². The highest BCUT2D eigenvalue weighted by atomic mass is 35.5. The second-order valence-electron chi connectivity index (χ2n) is 9.17. The third-order valence-corrected chi connectivity index (χ3v) is 7.12. The Balaban J connectivity index is 1.46.